The quantitative estimate of drug-likeness (QED) is 0.544. The van der Waals surface area contributed by atoms with Gasteiger partial charge in [0.05, 0.1) is 22.0 Å². The molecule has 1 amide bonds. The number of nitrogens with zero attached hydrogens (tertiary/aromatic N) is 2. The van der Waals surface area contributed by atoms with E-state index in [0.717, 1.165) is 12.8 Å². The lowest BCUT2D eigenvalue weighted by Gasteiger charge is -2.29. The van der Waals surface area contributed by atoms with Crippen molar-refractivity contribution in [2.24, 2.45) is 0 Å². The van der Waals surface area contributed by atoms with E-state index in [1.165, 1.54) is 40.4 Å². The van der Waals surface area contributed by atoms with E-state index in [4.69, 9.17) is 4.74 Å². The first-order chi connectivity index (χ1) is 14.5. The Kier molecular flexibility index (Phi) is 7.07. The molecular formula is C20H28N2O7S2. The lowest BCUT2D eigenvalue weighted by Crippen LogP contribution is -2.46. The van der Waals surface area contributed by atoms with Crippen molar-refractivity contribution in [3.63, 3.8) is 0 Å². The van der Waals surface area contributed by atoms with E-state index in [0.29, 0.717) is 26.1 Å². The molecule has 2 fully saturated rings. The van der Waals surface area contributed by atoms with Crippen LogP contribution in [0, 0.1) is 0 Å². The molecule has 0 aromatic heterocycles. The van der Waals surface area contributed by atoms with Crippen LogP contribution < -0.4 is 0 Å². The van der Waals surface area contributed by atoms with E-state index < -0.39 is 43.9 Å². The zero-order valence-corrected chi connectivity index (χ0v) is 19.3. The third kappa shape index (κ3) is 5.27. The smallest absolute Gasteiger partial charge is 0.338 e. The molecule has 3 rings (SSSR count). The molecule has 172 valence electrons. The van der Waals surface area contributed by atoms with Crippen molar-refractivity contribution >= 4 is 31.7 Å². The molecule has 0 spiro atoms. The number of amides is 1. The summed E-state index contributed by atoms with van der Waals surface area (Å²) in [6.45, 7) is 4.48. The van der Waals surface area contributed by atoms with Crippen LogP contribution in [0.1, 0.15) is 43.5 Å². The van der Waals surface area contributed by atoms with E-state index in [-0.39, 0.29) is 22.0 Å². The van der Waals surface area contributed by atoms with Crippen molar-refractivity contribution in [2.75, 3.05) is 31.1 Å². The number of likely N-dealkylation sites (N-methyl/N-ethyl adjacent to an activating group) is 1. The summed E-state index contributed by atoms with van der Waals surface area (Å²) in [5, 5.41) is 0. The maximum Gasteiger partial charge on any atom is 0.338 e. The van der Waals surface area contributed by atoms with Crippen LogP contribution in [0.15, 0.2) is 29.2 Å². The standard InChI is InChI=1S/C20H28N2O7S2/c1-3-22(17-10-13-30(25,26)14-17)19(23)15(2)29-20(24)16-6-8-18(9-7-16)31(27,28)21-11-4-5-12-21/h6-9,15,17H,3-5,10-14H2,1-2H3/t15-,17+/m0/s1. The van der Waals surface area contributed by atoms with Crippen LogP contribution in [0.4, 0.5) is 0 Å². The van der Waals surface area contributed by atoms with E-state index in [1.54, 1.807) is 6.92 Å². The summed E-state index contributed by atoms with van der Waals surface area (Å²) < 4.78 is 55.3. The Morgan fingerprint density at radius 3 is 2.32 bits per heavy atom. The predicted octanol–water partition coefficient (Wildman–Crippen LogP) is 1.05. The predicted molar refractivity (Wildman–Crippen MR) is 114 cm³/mol. The number of benzene rings is 1. The summed E-state index contributed by atoms with van der Waals surface area (Å²) in [5.74, 6) is -1.24. The fourth-order valence-corrected chi connectivity index (χ4v) is 7.22. The summed E-state index contributed by atoms with van der Waals surface area (Å²) >= 11 is 0. The summed E-state index contributed by atoms with van der Waals surface area (Å²) in [7, 11) is -6.73. The molecule has 11 heteroatoms. The van der Waals surface area contributed by atoms with Gasteiger partial charge in [0.25, 0.3) is 5.91 Å². The number of ether oxygens (including phenoxy) is 1. The van der Waals surface area contributed by atoms with Gasteiger partial charge in [-0.1, -0.05) is 0 Å². The van der Waals surface area contributed by atoms with Crippen LogP contribution in [0.2, 0.25) is 0 Å². The SMILES string of the molecule is CCN(C(=O)[C@H](C)OC(=O)c1ccc(S(=O)(=O)N2CCCC2)cc1)[C@@H]1CCS(=O)(=O)C1. The number of esters is 1. The third-order valence-electron chi connectivity index (χ3n) is 5.70. The Morgan fingerprint density at radius 1 is 1.19 bits per heavy atom. The number of hydrogen-bond acceptors (Lipinski definition) is 7. The molecule has 0 bridgehead atoms. The highest BCUT2D eigenvalue weighted by atomic mass is 32.2. The van der Waals surface area contributed by atoms with Gasteiger partial charge in [0, 0.05) is 25.7 Å². The highest BCUT2D eigenvalue weighted by molar-refractivity contribution is 7.91. The molecule has 0 unspecified atom stereocenters. The number of sulfonamides is 1. The topological polar surface area (TPSA) is 118 Å². The second kappa shape index (κ2) is 9.25. The number of sulfone groups is 1. The van der Waals surface area contributed by atoms with E-state index in [2.05, 4.69) is 0 Å². The number of carbonyl (C=O) groups excluding carboxylic acids is 2. The van der Waals surface area contributed by atoms with Crippen molar-refractivity contribution in [3.8, 4) is 0 Å². The van der Waals surface area contributed by atoms with Crippen LogP contribution in [-0.2, 0) is 29.4 Å². The van der Waals surface area contributed by atoms with Crippen molar-refractivity contribution in [2.45, 2.75) is 50.2 Å². The Bertz CT molecular complexity index is 1030. The first-order valence-electron chi connectivity index (χ1n) is 10.4. The van der Waals surface area contributed by atoms with Crippen LogP contribution in [0.5, 0.6) is 0 Å². The molecule has 0 saturated carbocycles. The molecule has 0 aliphatic carbocycles. The highest BCUT2D eigenvalue weighted by Crippen LogP contribution is 2.22. The lowest BCUT2D eigenvalue weighted by molar-refractivity contribution is -0.141. The molecule has 2 aliphatic heterocycles. The maximum absolute atomic E-state index is 12.7. The minimum atomic E-state index is -3.58. The van der Waals surface area contributed by atoms with Gasteiger partial charge in [0.1, 0.15) is 0 Å². The first-order valence-corrected chi connectivity index (χ1v) is 13.6. The molecular weight excluding hydrogens is 444 g/mol. The van der Waals surface area contributed by atoms with Crippen molar-refractivity contribution in [1.29, 1.82) is 0 Å². The Morgan fingerprint density at radius 2 is 1.81 bits per heavy atom. The Hall–Kier alpha value is -1.98. The van der Waals surface area contributed by atoms with Crippen molar-refractivity contribution < 1.29 is 31.2 Å². The van der Waals surface area contributed by atoms with Gasteiger partial charge in [-0.2, -0.15) is 4.31 Å². The maximum atomic E-state index is 12.7. The van der Waals surface area contributed by atoms with Gasteiger partial charge in [-0.3, -0.25) is 4.79 Å². The Balaban J connectivity index is 1.64. The summed E-state index contributed by atoms with van der Waals surface area (Å²) in [6.07, 6.45) is 0.938. The molecule has 1 aromatic carbocycles. The number of carbonyl (C=O) groups is 2. The molecule has 1 aromatic rings. The molecule has 2 aliphatic rings. The zero-order chi connectivity index (χ0) is 22.8. The van der Waals surface area contributed by atoms with Crippen LogP contribution in [-0.4, -0.2) is 81.2 Å². The van der Waals surface area contributed by atoms with Gasteiger partial charge in [0.2, 0.25) is 10.0 Å². The van der Waals surface area contributed by atoms with E-state index in [9.17, 15) is 26.4 Å². The molecule has 2 atom stereocenters. The highest BCUT2D eigenvalue weighted by Gasteiger charge is 2.36. The minimum absolute atomic E-state index is 0.0439. The van der Waals surface area contributed by atoms with Gasteiger partial charge in [-0.15, -0.1) is 0 Å². The number of rotatable bonds is 7. The molecule has 2 heterocycles. The first kappa shape index (κ1) is 23.7. The molecule has 31 heavy (non-hydrogen) atoms. The van der Waals surface area contributed by atoms with Gasteiger partial charge in [-0.05, 0) is 57.4 Å². The normalized spacial score (nSPS) is 22.2. The van der Waals surface area contributed by atoms with E-state index in [1.807, 2.05) is 0 Å². The van der Waals surface area contributed by atoms with Crippen LogP contribution in [0.25, 0.3) is 0 Å². The van der Waals surface area contributed by atoms with Gasteiger partial charge in [0.15, 0.2) is 15.9 Å². The third-order valence-corrected chi connectivity index (χ3v) is 9.36. The molecule has 0 radical (unpaired) electrons. The molecule has 2 saturated heterocycles. The Labute approximate surface area is 183 Å². The second-order valence-corrected chi connectivity index (χ2v) is 12.0. The van der Waals surface area contributed by atoms with Gasteiger partial charge in [-0.25, -0.2) is 21.6 Å². The largest absolute Gasteiger partial charge is 0.449 e. The van der Waals surface area contributed by atoms with Crippen LogP contribution >= 0.6 is 0 Å². The van der Waals surface area contributed by atoms with E-state index >= 15 is 0 Å². The summed E-state index contributed by atoms with van der Waals surface area (Å²) in [5.41, 5.74) is 0.131. The van der Waals surface area contributed by atoms with Crippen molar-refractivity contribution in [1.82, 2.24) is 9.21 Å². The summed E-state index contributed by atoms with van der Waals surface area (Å²) in [6, 6.07) is 5.03. The average Bonchev–Trinajstić information content (AvgIpc) is 3.39. The molecule has 9 nitrogen and oxygen atoms in total. The lowest BCUT2D eigenvalue weighted by atomic mass is 10.2. The monoisotopic (exact) mass is 472 g/mol. The minimum Gasteiger partial charge on any atom is -0.449 e. The molecule has 0 N–H and O–H groups in total. The fourth-order valence-electron chi connectivity index (χ4n) is 3.97. The van der Waals surface area contributed by atoms with Crippen molar-refractivity contribution in [3.05, 3.63) is 29.8 Å². The number of hydrogen-bond donors (Lipinski definition) is 0. The second-order valence-electron chi connectivity index (χ2n) is 7.86. The van der Waals surface area contributed by atoms with Gasteiger partial charge < -0.3 is 9.64 Å². The average molecular weight is 473 g/mol. The summed E-state index contributed by atoms with van der Waals surface area (Å²) in [4.78, 5) is 26.7. The van der Waals surface area contributed by atoms with Crippen LogP contribution in [0.3, 0.4) is 0 Å². The van der Waals surface area contributed by atoms with Gasteiger partial charge >= 0.3 is 5.97 Å². The zero-order valence-electron chi connectivity index (χ0n) is 17.7. The fraction of sp³-hybridized carbons (Fsp3) is 0.600.